The molecule has 0 aliphatic heterocycles. The first-order chi connectivity index (χ1) is 8.68. The molecule has 0 spiro atoms. The predicted octanol–water partition coefficient (Wildman–Crippen LogP) is 3.91. The molecule has 18 heavy (non-hydrogen) atoms. The molecule has 2 rings (SSSR count). The van der Waals surface area contributed by atoms with Crippen molar-refractivity contribution in [2.24, 2.45) is 5.73 Å². The summed E-state index contributed by atoms with van der Waals surface area (Å²) in [4.78, 5) is 0. The van der Waals surface area contributed by atoms with Crippen molar-refractivity contribution in [3.63, 3.8) is 0 Å². The van der Waals surface area contributed by atoms with E-state index in [-0.39, 0.29) is 6.04 Å². The van der Waals surface area contributed by atoms with Crippen molar-refractivity contribution in [3.05, 3.63) is 59.5 Å². The normalized spacial score (nSPS) is 14.4. The number of aryl methyl sites for hydroxylation is 1. The minimum atomic E-state index is 0.117. The van der Waals surface area contributed by atoms with E-state index in [4.69, 9.17) is 10.2 Å². The van der Waals surface area contributed by atoms with Gasteiger partial charge in [0.25, 0.3) is 0 Å². The second-order valence-corrected chi connectivity index (χ2v) is 5.66. The topological polar surface area (TPSA) is 39.2 Å². The molecular weight excluding hydrogens is 242 g/mol. The first-order valence-corrected chi connectivity index (χ1v) is 7.18. The lowest BCUT2D eigenvalue weighted by Gasteiger charge is -2.22. The molecular formula is C15H19NOS. The Morgan fingerprint density at radius 2 is 2.00 bits per heavy atom. The number of nitrogens with two attached hydrogens (primary N) is 1. The van der Waals surface area contributed by atoms with Gasteiger partial charge in [0.1, 0.15) is 5.76 Å². The van der Waals surface area contributed by atoms with Gasteiger partial charge in [0.2, 0.25) is 0 Å². The molecule has 2 unspecified atom stereocenters. The second kappa shape index (κ2) is 6.12. The first-order valence-electron chi connectivity index (χ1n) is 6.13. The Morgan fingerprint density at radius 1 is 1.22 bits per heavy atom. The fourth-order valence-electron chi connectivity index (χ4n) is 2.00. The van der Waals surface area contributed by atoms with Crippen molar-refractivity contribution in [2.75, 3.05) is 0 Å². The monoisotopic (exact) mass is 261 g/mol. The molecule has 1 aromatic heterocycles. The number of furan rings is 1. The fourth-order valence-corrected chi connectivity index (χ4v) is 3.25. The summed E-state index contributed by atoms with van der Waals surface area (Å²) in [6.07, 6.45) is 1.71. The van der Waals surface area contributed by atoms with Gasteiger partial charge in [0.05, 0.1) is 12.0 Å². The van der Waals surface area contributed by atoms with Crippen LogP contribution in [0.1, 0.15) is 29.1 Å². The van der Waals surface area contributed by atoms with E-state index in [1.54, 1.807) is 6.26 Å². The van der Waals surface area contributed by atoms with E-state index in [2.05, 4.69) is 38.1 Å². The highest BCUT2D eigenvalue weighted by atomic mass is 32.2. The number of benzene rings is 1. The summed E-state index contributed by atoms with van der Waals surface area (Å²) < 4.78 is 5.37. The first kappa shape index (κ1) is 13.2. The van der Waals surface area contributed by atoms with E-state index < -0.39 is 0 Å². The van der Waals surface area contributed by atoms with Crippen LogP contribution < -0.4 is 5.73 Å². The Bertz CT molecular complexity index is 479. The van der Waals surface area contributed by atoms with E-state index >= 15 is 0 Å². The van der Waals surface area contributed by atoms with Crippen LogP contribution in [0.4, 0.5) is 0 Å². The number of hydrogen-bond acceptors (Lipinski definition) is 3. The molecule has 2 N–H and O–H groups in total. The molecule has 0 fully saturated rings. The van der Waals surface area contributed by atoms with Gasteiger partial charge in [-0.15, -0.1) is 11.8 Å². The van der Waals surface area contributed by atoms with Crippen LogP contribution in [0, 0.1) is 6.92 Å². The fraction of sp³-hybridized carbons (Fsp3) is 0.333. The van der Waals surface area contributed by atoms with Crippen molar-refractivity contribution in [1.29, 1.82) is 0 Å². The maximum absolute atomic E-state index is 6.13. The molecule has 2 aromatic rings. The van der Waals surface area contributed by atoms with Gasteiger partial charge in [-0.05, 0) is 37.1 Å². The van der Waals surface area contributed by atoms with Crippen molar-refractivity contribution >= 4 is 11.8 Å². The molecule has 0 amide bonds. The summed E-state index contributed by atoms with van der Waals surface area (Å²) >= 11 is 1.84. The van der Waals surface area contributed by atoms with E-state index in [1.807, 2.05) is 23.9 Å². The van der Waals surface area contributed by atoms with Gasteiger partial charge >= 0.3 is 0 Å². The number of rotatable bonds is 5. The average Bonchev–Trinajstić information content (AvgIpc) is 2.84. The molecule has 0 saturated heterocycles. The van der Waals surface area contributed by atoms with Crippen LogP contribution in [-0.2, 0) is 5.75 Å². The lowest BCUT2D eigenvalue weighted by molar-refractivity contribution is 0.530. The third-order valence-corrected chi connectivity index (χ3v) is 4.45. The zero-order valence-corrected chi connectivity index (χ0v) is 11.6. The molecule has 3 heteroatoms. The average molecular weight is 261 g/mol. The van der Waals surface area contributed by atoms with Crippen LogP contribution in [0.3, 0.4) is 0 Å². The number of thioether (sulfide) groups is 1. The Balaban J connectivity index is 2.11. The SMILES string of the molecule is Cc1ccccc1C(SCc1ccco1)C(C)N. The summed E-state index contributed by atoms with van der Waals surface area (Å²) in [6, 6.07) is 12.5. The summed E-state index contributed by atoms with van der Waals surface area (Å²) in [5.74, 6) is 1.85. The molecule has 1 aromatic carbocycles. The highest BCUT2D eigenvalue weighted by Crippen LogP contribution is 2.35. The Labute approximate surface area is 113 Å². The van der Waals surface area contributed by atoms with Crippen LogP contribution in [-0.4, -0.2) is 6.04 Å². The summed E-state index contributed by atoms with van der Waals surface area (Å²) in [5.41, 5.74) is 8.75. The molecule has 0 aliphatic rings. The van der Waals surface area contributed by atoms with E-state index in [9.17, 15) is 0 Å². The molecule has 2 nitrogen and oxygen atoms in total. The smallest absolute Gasteiger partial charge is 0.113 e. The van der Waals surface area contributed by atoms with E-state index in [1.165, 1.54) is 11.1 Å². The van der Waals surface area contributed by atoms with Crippen molar-refractivity contribution in [1.82, 2.24) is 0 Å². The standard InChI is InChI=1S/C15H19NOS/c1-11-6-3-4-8-14(11)15(12(2)16)18-10-13-7-5-9-17-13/h3-9,12,15H,10,16H2,1-2H3. The highest BCUT2D eigenvalue weighted by molar-refractivity contribution is 7.98. The van der Waals surface area contributed by atoms with E-state index in [0.29, 0.717) is 5.25 Å². The minimum Gasteiger partial charge on any atom is -0.468 e. The maximum atomic E-state index is 6.13. The van der Waals surface area contributed by atoms with Crippen LogP contribution in [0.5, 0.6) is 0 Å². The van der Waals surface area contributed by atoms with Crippen molar-refractivity contribution in [3.8, 4) is 0 Å². The molecule has 0 bridgehead atoms. The van der Waals surface area contributed by atoms with Gasteiger partial charge in [0.15, 0.2) is 0 Å². The molecule has 2 atom stereocenters. The van der Waals surface area contributed by atoms with Gasteiger partial charge in [-0.25, -0.2) is 0 Å². The zero-order valence-electron chi connectivity index (χ0n) is 10.8. The quantitative estimate of drug-likeness (QED) is 0.887. The summed E-state index contributed by atoms with van der Waals surface area (Å²) in [7, 11) is 0. The van der Waals surface area contributed by atoms with Crippen molar-refractivity contribution < 1.29 is 4.42 Å². The Hall–Kier alpha value is -1.19. The minimum absolute atomic E-state index is 0.117. The van der Waals surface area contributed by atoms with Gasteiger partial charge < -0.3 is 10.2 Å². The molecule has 0 saturated carbocycles. The van der Waals surface area contributed by atoms with Crippen LogP contribution >= 0.6 is 11.8 Å². The Morgan fingerprint density at radius 3 is 2.61 bits per heavy atom. The number of hydrogen-bond donors (Lipinski definition) is 1. The summed E-state index contributed by atoms with van der Waals surface area (Å²) in [6.45, 7) is 4.20. The Kier molecular flexibility index (Phi) is 4.50. The van der Waals surface area contributed by atoms with Crippen LogP contribution in [0.25, 0.3) is 0 Å². The molecule has 0 radical (unpaired) electrons. The summed E-state index contributed by atoms with van der Waals surface area (Å²) in [5, 5.41) is 0.302. The largest absolute Gasteiger partial charge is 0.468 e. The molecule has 1 heterocycles. The van der Waals surface area contributed by atoms with Gasteiger partial charge in [-0.1, -0.05) is 24.3 Å². The van der Waals surface area contributed by atoms with Gasteiger partial charge in [-0.2, -0.15) is 0 Å². The predicted molar refractivity (Wildman–Crippen MR) is 77.6 cm³/mol. The van der Waals surface area contributed by atoms with Gasteiger partial charge in [0, 0.05) is 11.3 Å². The lowest BCUT2D eigenvalue weighted by Crippen LogP contribution is -2.23. The molecule has 96 valence electrons. The third-order valence-electron chi connectivity index (χ3n) is 2.96. The zero-order chi connectivity index (χ0) is 13.0. The van der Waals surface area contributed by atoms with E-state index in [0.717, 1.165) is 11.5 Å². The van der Waals surface area contributed by atoms with Crippen LogP contribution in [0.2, 0.25) is 0 Å². The lowest BCUT2D eigenvalue weighted by atomic mass is 10.0. The maximum Gasteiger partial charge on any atom is 0.113 e. The third kappa shape index (κ3) is 3.18. The van der Waals surface area contributed by atoms with Gasteiger partial charge in [-0.3, -0.25) is 0 Å². The second-order valence-electron chi connectivity index (χ2n) is 4.53. The molecule has 0 aliphatic carbocycles. The van der Waals surface area contributed by atoms with Crippen LogP contribution in [0.15, 0.2) is 47.1 Å². The highest BCUT2D eigenvalue weighted by Gasteiger charge is 2.18. The van der Waals surface area contributed by atoms with Crippen molar-refractivity contribution in [2.45, 2.75) is 30.9 Å².